The summed E-state index contributed by atoms with van der Waals surface area (Å²) in [5, 5.41) is 7.76. The molecular weight excluding hydrogens is 360 g/mol. The van der Waals surface area contributed by atoms with Crippen molar-refractivity contribution in [1.29, 1.82) is 0 Å². The van der Waals surface area contributed by atoms with Crippen molar-refractivity contribution in [2.75, 3.05) is 6.54 Å². The van der Waals surface area contributed by atoms with Crippen LogP contribution in [0.3, 0.4) is 0 Å². The molecule has 3 heterocycles. The summed E-state index contributed by atoms with van der Waals surface area (Å²) < 4.78 is 3.80. The average molecular weight is 378 g/mol. The molecule has 27 heavy (non-hydrogen) atoms. The van der Waals surface area contributed by atoms with Crippen LogP contribution in [-0.4, -0.2) is 37.0 Å². The first-order valence-electron chi connectivity index (χ1n) is 8.60. The Balaban J connectivity index is 1.44. The maximum atomic E-state index is 12.3. The molecule has 1 aliphatic heterocycles. The van der Waals surface area contributed by atoms with E-state index in [1.807, 2.05) is 53.4 Å². The number of carbonyl (C=O) groups is 1. The molecule has 0 atom stereocenters. The zero-order valence-electron chi connectivity index (χ0n) is 14.5. The monoisotopic (exact) mass is 378 g/mol. The second kappa shape index (κ2) is 8.05. The number of nitrogens with zero attached hydrogens (tertiary/aromatic N) is 5. The van der Waals surface area contributed by atoms with Gasteiger partial charge in [-0.3, -0.25) is 9.79 Å². The van der Waals surface area contributed by atoms with Gasteiger partial charge in [0.15, 0.2) is 5.17 Å². The van der Waals surface area contributed by atoms with E-state index in [-0.39, 0.29) is 5.91 Å². The second-order valence-electron chi connectivity index (χ2n) is 5.92. The first kappa shape index (κ1) is 17.3. The van der Waals surface area contributed by atoms with Gasteiger partial charge in [0.2, 0.25) is 0 Å². The molecule has 1 N–H and O–H groups in total. The van der Waals surface area contributed by atoms with Gasteiger partial charge in [-0.05, 0) is 36.4 Å². The molecular formula is C19H18N6OS. The Morgan fingerprint density at radius 1 is 1.19 bits per heavy atom. The molecule has 3 aromatic rings. The van der Waals surface area contributed by atoms with Crippen molar-refractivity contribution in [3.8, 4) is 5.69 Å². The van der Waals surface area contributed by atoms with E-state index in [0.717, 1.165) is 24.2 Å². The van der Waals surface area contributed by atoms with E-state index in [0.29, 0.717) is 16.6 Å². The third-order valence-corrected chi connectivity index (χ3v) is 4.96. The van der Waals surface area contributed by atoms with Crippen LogP contribution in [0.2, 0.25) is 0 Å². The quantitative estimate of drug-likeness (QED) is 0.528. The molecule has 7 nitrogen and oxygen atoms in total. The number of thioether (sulfide) groups is 1. The molecule has 136 valence electrons. The van der Waals surface area contributed by atoms with Gasteiger partial charge in [-0.1, -0.05) is 18.2 Å². The smallest absolute Gasteiger partial charge is 0.264 e. The molecule has 1 aromatic carbocycles. The predicted molar refractivity (Wildman–Crippen MR) is 106 cm³/mol. The zero-order chi connectivity index (χ0) is 18.5. The molecule has 0 radical (unpaired) electrons. The minimum atomic E-state index is -0.122. The van der Waals surface area contributed by atoms with E-state index in [4.69, 9.17) is 0 Å². The highest BCUT2D eigenvalue weighted by atomic mass is 32.2. The van der Waals surface area contributed by atoms with Gasteiger partial charge in [0, 0.05) is 43.4 Å². The number of hydrogen-bond acceptors (Lipinski definition) is 5. The van der Waals surface area contributed by atoms with E-state index >= 15 is 0 Å². The fourth-order valence-electron chi connectivity index (χ4n) is 2.73. The standard InChI is InChI=1S/C19H18N6OS/c26-18-17(13-15-5-1-2-6-16(15)25-11-4-8-22-25)27-19(23-18)21-7-3-10-24-12-9-20-14-24/h1-2,4-6,8-9,11-14H,3,7,10H2,(H,21,23,26). The van der Waals surface area contributed by atoms with Crippen molar-refractivity contribution < 1.29 is 4.79 Å². The minimum absolute atomic E-state index is 0.122. The van der Waals surface area contributed by atoms with Gasteiger partial charge < -0.3 is 9.88 Å². The molecule has 0 spiro atoms. The normalized spacial score (nSPS) is 17.0. The number of benzene rings is 1. The average Bonchev–Trinajstić information content (AvgIpc) is 3.43. The first-order chi connectivity index (χ1) is 13.3. The number of rotatable bonds is 6. The van der Waals surface area contributed by atoms with E-state index in [1.54, 1.807) is 23.4 Å². The third-order valence-electron chi connectivity index (χ3n) is 4.01. The Hall–Kier alpha value is -3.13. The van der Waals surface area contributed by atoms with Gasteiger partial charge in [0.1, 0.15) is 0 Å². The van der Waals surface area contributed by atoms with Crippen LogP contribution in [0.15, 0.2) is 71.3 Å². The number of aromatic nitrogens is 4. The van der Waals surface area contributed by atoms with E-state index in [2.05, 4.69) is 20.4 Å². The molecule has 0 bridgehead atoms. The molecule has 0 saturated carbocycles. The summed E-state index contributed by atoms with van der Waals surface area (Å²) >= 11 is 1.37. The van der Waals surface area contributed by atoms with Crippen molar-refractivity contribution in [3.05, 3.63) is 71.9 Å². The lowest BCUT2D eigenvalue weighted by molar-refractivity contribution is -0.115. The molecule has 8 heteroatoms. The van der Waals surface area contributed by atoms with Crippen LogP contribution in [0.4, 0.5) is 0 Å². The van der Waals surface area contributed by atoms with Crippen molar-refractivity contribution in [2.45, 2.75) is 13.0 Å². The van der Waals surface area contributed by atoms with Gasteiger partial charge in [-0.15, -0.1) is 0 Å². The maximum absolute atomic E-state index is 12.3. The lowest BCUT2D eigenvalue weighted by Crippen LogP contribution is -2.20. The lowest BCUT2D eigenvalue weighted by atomic mass is 10.1. The molecule has 1 fully saturated rings. The fraction of sp³-hybridized carbons (Fsp3) is 0.158. The van der Waals surface area contributed by atoms with Crippen LogP contribution in [0.5, 0.6) is 0 Å². The highest BCUT2D eigenvalue weighted by Gasteiger charge is 2.23. The van der Waals surface area contributed by atoms with Crippen molar-refractivity contribution in [2.24, 2.45) is 4.99 Å². The molecule has 0 aliphatic carbocycles. The maximum Gasteiger partial charge on any atom is 0.264 e. The highest BCUT2D eigenvalue weighted by molar-refractivity contribution is 8.18. The molecule has 0 unspecified atom stereocenters. The highest BCUT2D eigenvalue weighted by Crippen LogP contribution is 2.27. The summed E-state index contributed by atoms with van der Waals surface area (Å²) in [6.07, 6.45) is 11.9. The number of amidine groups is 1. The summed E-state index contributed by atoms with van der Waals surface area (Å²) in [4.78, 5) is 21.4. The summed E-state index contributed by atoms with van der Waals surface area (Å²) in [5.41, 5.74) is 1.86. The summed E-state index contributed by atoms with van der Waals surface area (Å²) in [6.45, 7) is 1.51. The van der Waals surface area contributed by atoms with Crippen LogP contribution in [0.25, 0.3) is 11.8 Å². The minimum Gasteiger partial charge on any atom is -0.337 e. The van der Waals surface area contributed by atoms with Crippen molar-refractivity contribution in [1.82, 2.24) is 24.6 Å². The number of para-hydroxylation sites is 1. The van der Waals surface area contributed by atoms with Crippen molar-refractivity contribution in [3.63, 3.8) is 0 Å². The zero-order valence-corrected chi connectivity index (χ0v) is 15.3. The lowest BCUT2D eigenvalue weighted by Gasteiger charge is -2.06. The van der Waals surface area contributed by atoms with Gasteiger partial charge in [-0.25, -0.2) is 9.67 Å². The number of carbonyl (C=O) groups excluding carboxylic acids is 1. The molecule has 1 saturated heterocycles. The van der Waals surface area contributed by atoms with Crippen LogP contribution in [0.1, 0.15) is 12.0 Å². The van der Waals surface area contributed by atoms with Gasteiger partial charge in [0.05, 0.1) is 16.9 Å². The molecule has 1 aliphatic rings. The van der Waals surface area contributed by atoms with E-state index in [1.165, 1.54) is 11.8 Å². The Morgan fingerprint density at radius 3 is 2.93 bits per heavy atom. The van der Waals surface area contributed by atoms with Gasteiger partial charge in [0.25, 0.3) is 5.91 Å². The number of aryl methyl sites for hydroxylation is 1. The largest absolute Gasteiger partial charge is 0.337 e. The topological polar surface area (TPSA) is 77.1 Å². The number of hydrogen-bond donors (Lipinski definition) is 1. The number of amides is 1. The number of imidazole rings is 1. The summed E-state index contributed by atoms with van der Waals surface area (Å²) in [5.74, 6) is -0.122. The molecule has 4 rings (SSSR count). The number of nitrogens with one attached hydrogen (secondary N) is 1. The van der Waals surface area contributed by atoms with Gasteiger partial charge in [-0.2, -0.15) is 5.10 Å². The van der Waals surface area contributed by atoms with Crippen LogP contribution in [-0.2, 0) is 11.3 Å². The van der Waals surface area contributed by atoms with E-state index < -0.39 is 0 Å². The second-order valence-corrected chi connectivity index (χ2v) is 6.95. The third kappa shape index (κ3) is 4.17. The van der Waals surface area contributed by atoms with Crippen molar-refractivity contribution >= 4 is 28.9 Å². The Morgan fingerprint density at radius 2 is 2.11 bits per heavy atom. The first-order valence-corrected chi connectivity index (χ1v) is 9.41. The summed E-state index contributed by atoms with van der Waals surface area (Å²) in [6, 6.07) is 9.71. The van der Waals surface area contributed by atoms with Crippen LogP contribution >= 0.6 is 11.8 Å². The fourth-order valence-corrected chi connectivity index (χ4v) is 3.56. The molecule has 1 amide bonds. The van der Waals surface area contributed by atoms with Gasteiger partial charge >= 0.3 is 0 Å². The Bertz CT molecular complexity index is 976. The summed E-state index contributed by atoms with van der Waals surface area (Å²) in [7, 11) is 0. The predicted octanol–water partition coefficient (Wildman–Crippen LogP) is 2.72. The van der Waals surface area contributed by atoms with Crippen LogP contribution in [0, 0.1) is 0 Å². The Labute approximate surface area is 160 Å². The van der Waals surface area contributed by atoms with Crippen LogP contribution < -0.4 is 5.32 Å². The molecule has 2 aromatic heterocycles. The SMILES string of the molecule is O=C1NC(=NCCCn2ccnc2)SC1=Cc1ccccc1-n1cccn1. The Kier molecular flexibility index (Phi) is 5.15. The number of aliphatic imine (C=N–C) groups is 1. The van der Waals surface area contributed by atoms with E-state index in [9.17, 15) is 4.79 Å².